The number of nitrogens with zero attached hydrogens (tertiary/aromatic N) is 3. The molecular formula is C15H18N4O2S. The van der Waals surface area contributed by atoms with Crippen molar-refractivity contribution in [2.75, 3.05) is 11.9 Å². The molecule has 116 valence electrons. The zero-order valence-electron chi connectivity index (χ0n) is 12.5. The van der Waals surface area contributed by atoms with Crippen molar-refractivity contribution < 1.29 is 9.52 Å². The van der Waals surface area contributed by atoms with Gasteiger partial charge >= 0.3 is 0 Å². The number of thiazole rings is 1. The van der Waals surface area contributed by atoms with Crippen LogP contribution in [0.5, 0.6) is 0 Å². The highest BCUT2D eigenvalue weighted by Gasteiger charge is 2.13. The number of aryl methyl sites for hydroxylation is 2. The highest BCUT2D eigenvalue weighted by Crippen LogP contribution is 2.26. The molecule has 0 unspecified atom stereocenters. The minimum absolute atomic E-state index is 0.0382. The molecule has 7 heteroatoms. The van der Waals surface area contributed by atoms with Gasteiger partial charge in [-0.05, 0) is 19.9 Å². The first-order chi connectivity index (χ1) is 10.7. The smallest absolute Gasteiger partial charge is 0.125 e. The van der Waals surface area contributed by atoms with E-state index in [0.717, 1.165) is 33.5 Å². The Bertz CT molecular complexity index is 759. The number of furan rings is 1. The van der Waals surface area contributed by atoms with Crippen LogP contribution >= 0.6 is 11.3 Å². The lowest BCUT2D eigenvalue weighted by Gasteiger charge is -2.06. The Balaban J connectivity index is 1.82. The number of rotatable bonds is 6. The lowest BCUT2D eigenvalue weighted by molar-refractivity contribution is 0.270. The summed E-state index contributed by atoms with van der Waals surface area (Å²) in [5.74, 6) is 1.69. The average Bonchev–Trinajstić information content (AvgIpc) is 3.18. The van der Waals surface area contributed by atoms with E-state index in [4.69, 9.17) is 4.42 Å². The molecule has 2 N–H and O–H groups in total. The first kappa shape index (κ1) is 14.8. The summed E-state index contributed by atoms with van der Waals surface area (Å²) < 4.78 is 7.10. The largest absolute Gasteiger partial charge is 0.469 e. The van der Waals surface area contributed by atoms with Gasteiger partial charge in [0.15, 0.2) is 0 Å². The third kappa shape index (κ3) is 3.05. The van der Waals surface area contributed by atoms with Crippen LogP contribution in [0.3, 0.4) is 0 Å². The van der Waals surface area contributed by atoms with Gasteiger partial charge in [0.25, 0.3) is 0 Å². The van der Waals surface area contributed by atoms with Gasteiger partial charge in [-0.3, -0.25) is 0 Å². The molecule has 3 heterocycles. The topological polar surface area (TPSA) is 76.1 Å². The van der Waals surface area contributed by atoms with Crippen LogP contribution in [0.15, 0.2) is 28.2 Å². The van der Waals surface area contributed by atoms with Gasteiger partial charge in [0.2, 0.25) is 0 Å². The summed E-state index contributed by atoms with van der Waals surface area (Å²) in [6.45, 7) is 5.01. The molecule has 0 saturated heterocycles. The molecule has 3 rings (SSSR count). The summed E-state index contributed by atoms with van der Waals surface area (Å²) in [6.07, 6.45) is 1.65. The van der Waals surface area contributed by atoms with Gasteiger partial charge in [0.05, 0.1) is 31.7 Å². The monoisotopic (exact) mass is 318 g/mol. The lowest BCUT2D eigenvalue weighted by Crippen LogP contribution is -2.10. The minimum atomic E-state index is 0.0382. The normalized spacial score (nSPS) is 11.0. The third-order valence-electron chi connectivity index (χ3n) is 3.31. The molecule has 0 fully saturated rings. The average molecular weight is 318 g/mol. The van der Waals surface area contributed by atoms with Gasteiger partial charge in [-0.15, -0.1) is 11.3 Å². The molecule has 3 aromatic rings. The number of aliphatic hydroxyl groups excluding tert-OH is 1. The van der Waals surface area contributed by atoms with Crippen LogP contribution in [0.2, 0.25) is 0 Å². The van der Waals surface area contributed by atoms with E-state index in [1.807, 2.05) is 31.4 Å². The molecule has 0 amide bonds. The molecule has 3 aromatic heterocycles. The molecule has 0 aliphatic rings. The van der Waals surface area contributed by atoms with Crippen LogP contribution < -0.4 is 5.32 Å². The zero-order chi connectivity index (χ0) is 15.5. The van der Waals surface area contributed by atoms with Crippen molar-refractivity contribution in [3.63, 3.8) is 0 Å². The predicted octanol–water partition coefficient (Wildman–Crippen LogP) is 2.82. The van der Waals surface area contributed by atoms with Gasteiger partial charge < -0.3 is 14.8 Å². The fourth-order valence-corrected chi connectivity index (χ4v) is 2.97. The number of hydrogen-bond donors (Lipinski definition) is 2. The van der Waals surface area contributed by atoms with E-state index in [0.29, 0.717) is 13.1 Å². The van der Waals surface area contributed by atoms with E-state index < -0.39 is 0 Å². The van der Waals surface area contributed by atoms with Gasteiger partial charge in [0, 0.05) is 22.7 Å². The van der Waals surface area contributed by atoms with Crippen LogP contribution in [0, 0.1) is 13.8 Å². The van der Waals surface area contributed by atoms with E-state index in [1.54, 1.807) is 22.3 Å². The van der Waals surface area contributed by atoms with Gasteiger partial charge in [-0.25, -0.2) is 9.67 Å². The van der Waals surface area contributed by atoms with E-state index in [1.165, 1.54) is 0 Å². The van der Waals surface area contributed by atoms with Gasteiger partial charge in [0.1, 0.15) is 16.6 Å². The molecule has 0 aromatic carbocycles. The minimum Gasteiger partial charge on any atom is -0.469 e. The molecule has 22 heavy (non-hydrogen) atoms. The molecule has 6 nitrogen and oxygen atoms in total. The van der Waals surface area contributed by atoms with E-state index in [-0.39, 0.29) is 6.61 Å². The first-order valence-corrected chi connectivity index (χ1v) is 7.93. The van der Waals surface area contributed by atoms with Crippen LogP contribution in [-0.4, -0.2) is 26.5 Å². The summed E-state index contributed by atoms with van der Waals surface area (Å²) in [6, 6.07) is 3.86. The summed E-state index contributed by atoms with van der Waals surface area (Å²) in [7, 11) is 0. The zero-order valence-corrected chi connectivity index (χ0v) is 13.4. The Morgan fingerprint density at radius 3 is 2.91 bits per heavy atom. The molecular weight excluding hydrogens is 300 g/mol. The maximum atomic E-state index is 9.21. The Hall–Kier alpha value is -2.12. The Morgan fingerprint density at radius 2 is 2.27 bits per heavy atom. The van der Waals surface area contributed by atoms with Gasteiger partial charge in [-0.2, -0.15) is 5.10 Å². The van der Waals surface area contributed by atoms with Crippen LogP contribution in [-0.2, 0) is 13.1 Å². The standard InChI is InChI=1S/C15H18N4O2S/c1-10-9-22-15(17-10)8-16-14-7-13(18-19(14)4-5-20)12-3-6-21-11(12)2/h3,6-7,9,16,20H,4-5,8H2,1-2H3. The first-order valence-electron chi connectivity index (χ1n) is 7.05. The van der Waals surface area contributed by atoms with Gasteiger partial charge in [-0.1, -0.05) is 0 Å². The molecule has 0 bridgehead atoms. The number of nitrogens with one attached hydrogen (secondary N) is 1. The molecule has 0 saturated carbocycles. The van der Waals surface area contributed by atoms with E-state index in [9.17, 15) is 5.11 Å². The number of aliphatic hydroxyl groups is 1. The second-order valence-corrected chi connectivity index (χ2v) is 5.93. The quantitative estimate of drug-likeness (QED) is 0.731. The SMILES string of the molecule is Cc1csc(CNc2cc(-c3ccoc3C)nn2CCO)n1. The maximum absolute atomic E-state index is 9.21. The lowest BCUT2D eigenvalue weighted by atomic mass is 10.2. The Labute approximate surface area is 132 Å². The van der Waals surface area contributed by atoms with Crippen molar-refractivity contribution in [3.05, 3.63) is 40.2 Å². The van der Waals surface area contributed by atoms with Crippen molar-refractivity contribution in [2.24, 2.45) is 0 Å². The summed E-state index contributed by atoms with van der Waals surface area (Å²) >= 11 is 1.63. The van der Waals surface area contributed by atoms with Crippen LogP contribution in [0.25, 0.3) is 11.3 Å². The number of aromatic nitrogens is 3. The third-order valence-corrected chi connectivity index (χ3v) is 4.28. The summed E-state index contributed by atoms with van der Waals surface area (Å²) in [5, 5.41) is 20.1. The highest BCUT2D eigenvalue weighted by atomic mass is 32.1. The van der Waals surface area contributed by atoms with Crippen molar-refractivity contribution >= 4 is 17.2 Å². The van der Waals surface area contributed by atoms with Crippen molar-refractivity contribution in [1.29, 1.82) is 0 Å². The van der Waals surface area contributed by atoms with Crippen LogP contribution in [0.1, 0.15) is 16.5 Å². The Morgan fingerprint density at radius 1 is 1.41 bits per heavy atom. The van der Waals surface area contributed by atoms with Crippen LogP contribution in [0.4, 0.5) is 5.82 Å². The fraction of sp³-hybridized carbons (Fsp3) is 0.333. The second kappa shape index (κ2) is 6.33. The molecule has 0 atom stereocenters. The molecule has 0 aliphatic heterocycles. The summed E-state index contributed by atoms with van der Waals surface area (Å²) in [5.41, 5.74) is 2.82. The highest BCUT2D eigenvalue weighted by molar-refractivity contribution is 7.09. The fourth-order valence-electron chi connectivity index (χ4n) is 2.26. The second-order valence-electron chi connectivity index (χ2n) is 4.99. The van der Waals surface area contributed by atoms with E-state index in [2.05, 4.69) is 15.4 Å². The number of hydrogen-bond acceptors (Lipinski definition) is 6. The van der Waals surface area contributed by atoms with E-state index >= 15 is 0 Å². The maximum Gasteiger partial charge on any atom is 0.125 e. The van der Waals surface area contributed by atoms with Crippen molar-refractivity contribution in [1.82, 2.24) is 14.8 Å². The molecule has 0 spiro atoms. The predicted molar refractivity (Wildman–Crippen MR) is 85.9 cm³/mol. The van der Waals surface area contributed by atoms with Crippen molar-refractivity contribution in [3.8, 4) is 11.3 Å². The summed E-state index contributed by atoms with van der Waals surface area (Å²) in [4.78, 5) is 4.43. The Kier molecular flexibility index (Phi) is 4.26. The van der Waals surface area contributed by atoms with Crippen molar-refractivity contribution in [2.45, 2.75) is 26.9 Å². The molecule has 0 radical (unpaired) electrons. The number of anilines is 1. The molecule has 0 aliphatic carbocycles.